The summed E-state index contributed by atoms with van der Waals surface area (Å²) in [5, 5.41) is 17.2. The summed E-state index contributed by atoms with van der Waals surface area (Å²) < 4.78 is 0. The zero-order valence-electron chi connectivity index (χ0n) is 20.8. The van der Waals surface area contributed by atoms with Gasteiger partial charge in [-0.3, -0.25) is 4.99 Å². The number of nitrogens with one attached hydrogen (secondary N) is 2. The van der Waals surface area contributed by atoms with Crippen LogP contribution in [0.1, 0.15) is 39.0 Å². The quantitative estimate of drug-likeness (QED) is 0.480. The van der Waals surface area contributed by atoms with Crippen molar-refractivity contribution in [3.05, 3.63) is 41.5 Å². The van der Waals surface area contributed by atoms with Crippen LogP contribution >= 0.6 is 0 Å². The zero-order valence-corrected chi connectivity index (χ0v) is 20.8. The van der Waals surface area contributed by atoms with Gasteiger partial charge in [-0.05, 0) is 37.0 Å². The molecule has 0 spiro atoms. The smallest absolute Gasteiger partial charge is 0.228 e. The molecule has 2 aromatic rings. The molecule has 5 N–H and O–H groups in total. The predicted molar refractivity (Wildman–Crippen MR) is 137 cm³/mol. The van der Waals surface area contributed by atoms with Gasteiger partial charge in [0.15, 0.2) is 0 Å². The second kappa shape index (κ2) is 9.68. The Morgan fingerprint density at radius 3 is 2.53 bits per heavy atom. The topological polar surface area (TPSA) is 125 Å². The van der Waals surface area contributed by atoms with Gasteiger partial charge in [0, 0.05) is 61.8 Å². The van der Waals surface area contributed by atoms with E-state index in [9.17, 15) is 5.11 Å². The first-order chi connectivity index (χ1) is 16.2. The minimum Gasteiger partial charge on any atom is -0.401 e. The lowest BCUT2D eigenvalue weighted by Gasteiger charge is -2.39. The Bertz CT molecular complexity index is 1090. The summed E-state index contributed by atoms with van der Waals surface area (Å²) in [6.07, 6.45) is 3.63. The minimum absolute atomic E-state index is 0.147. The second-order valence-corrected chi connectivity index (χ2v) is 9.65. The number of hydrogen-bond donors (Lipinski definition) is 4. The molecule has 1 fully saturated rings. The number of nitrogens with two attached hydrogens (primary N) is 1. The average Bonchev–Trinajstić information content (AvgIpc) is 2.83. The minimum atomic E-state index is -0.628. The van der Waals surface area contributed by atoms with Crippen LogP contribution in [0.2, 0.25) is 0 Å². The largest absolute Gasteiger partial charge is 0.401 e. The Hall–Kier alpha value is -3.04. The standard InChI is InChI=1S/C25H36N8O/c1-15(2)21(27-5)20-22-17(12-25(4,16(3)34)23(20)26)13-30-24(32-22)31-19-7-6-18(14-29-19)33-10-8-28-9-11-33/h6-7,13-16,28,34H,8-12,26H2,1-5H3,(H,29,30,31,32). The van der Waals surface area contributed by atoms with E-state index in [0.717, 1.165) is 54.4 Å². The molecule has 0 aromatic carbocycles. The summed E-state index contributed by atoms with van der Waals surface area (Å²) in [7, 11) is 1.77. The molecule has 9 nitrogen and oxygen atoms in total. The number of aromatic nitrogens is 3. The van der Waals surface area contributed by atoms with E-state index < -0.39 is 11.5 Å². The highest BCUT2D eigenvalue weighted by molar-refractivity contribution is 6.25. The van der Waals surface area contributed by atoms with Gasteiger partial charge in [0.25, 0.3) is 0 Å². The molecule has 0 saturated carbocycles. The third-order valence-electron chi connectivity index (χ3n) is 6.98. The Balaban J connectivity index is 1.67. The highest BCUT2D eigenvalue weighted by atomic mass is 16.3. The van der Waals surface area contributed by atoms with Gasteiger partial charge in [-0.2, -0.15) is 0 Å². The van der Waals surface area contributed by atoms with Crippen LogP contribution in [0.15, 0.2) is 35.2 Å². The highest BCUT2D eigenvalue weighted by Crippen LogP contribution is 2.43. The monoisotopic (exact) mass is 464 g/mol. The number of hydrogen-bond acceptors (Lipinski definition) is 9. The van der Waals surface area contributed by atoms with E-state index in [0.29, 0.717) is 23.9 Å². The van der Waals surface area contributed by atoms with Crippen molar-refractivity contribution in [3.63, 3.8) is 0 Å². The summed E-state index contributed by atoms with van der Waals surface area (Å²) in [5.41, 5.74) is 11.2. The van der Waals surface area contributed by atoms with Gasteiger partial charge in [-0.1, -0.05) is 20.8 Å². The molecule has 34 heavy (non-hydrogen) atoms. The molecule has 0 bridgehead atoms. The van der Waals surface area contributed by atoms with Crippen LogP contribution in [0, 0.1) is 11.3 Å². The van der Waals surface area contributed by atoms with Crippen LogP contribution < -0.4 is 21.3 Å². The van der Waals surface area contributed by atoms with E-state index in [1.807, 2.05) is 25.4 Å². The van der Waals surface area contributed by atoms with Crippen LogP contribution in [0.5, 0.6) is 0 Å². The average molecular weight is 465 g/mol. The fourth-order valence-electron chi connectivity index (χ4n) is 4.69. The van der Waals surface area contributed by atoms with Crippen molar-refractivity contribution in [3.8, 4) is 0 Å². The predicted octanol–water partition coefficient (Wildman–Crippen LogP) is 2.36. The van der Waals surface area contributed by atoms with E-state index in [-0.39, 0.29) is 5.92 Å². The van der Waals surface area contributed by atoms with E-state index >= 15 is 0 Å². The molecule has 2 aliphatic rings. The number of allylic oxidation sites excluding steroid dienone is 1. The SMILES string of the molecule is CN=C(C1=C(N)C(C)(C(C)O)Cc2cnc(Nc3ccc(N4CCNCC4)cn3)nc21)C(C)C. The molecular weight excluding hydrogens is 428 g/mol. The highest BCUT2D eigenvalue weighted by Gasteiger charge is 2.42. The molecule has 9 heteroatoms. The normalized spacial score (nSPS) is 22.1. The zero-order chi connectivity index (χ0) is 24.5. The van der Waals surface area contributed by atoms with Crippen molar-refractivity contribution in [2.24, 2.45) is 22.1 Å². The Kier molecular flexibility index (Phi) is 6.86. The van der Waals surface area contributed by atoms with Gasteiger partial charge in [0.05, 0.1) is 23.7 Å². The Morgan fingerprint density at radius 1 is 1.21 bits per heavy atom. The molecule has 2 unspecified atom stereocenters. The number of aliphatic hydroxyl groups is 1. The molecule has 4 rings (SSSR count). The molecule has 1 aliphatic heterocycles. The lowest BCUT2D eigenvalue weighted by molar-refractivity contribution is 0.0772. The second-order valence-electron chi connectivity index (χ2n) is 9.65. The molecule has 1 saturated heterocycles. The Labute approximate surface area is 201 Å². The number of pyridine rings is 1. The molecule has 182 valence electrons. The molecule has 1 aliphatic carbocycles. The van der Waals surface area contributed by atoms with Crippen molar-refractivity contribution in [1.29, 1.82) is 0 Å². The first kappa shape index (κ1) is 24.1. The summed E-state index contributed by atoms with van der Waals surface area (Å²) in [6.45, 7) is 11.8. The van der Waals surface area contributed by atoms with Gasteiger partial charge in [0.1, 0.15) is 5.82 Å². The third-order valence-corrected chi connectivity index (χ3v) is 6.98. The number of aliphatic imine (C=N–C) groups is 1. The summed E-state index contributed by atoms with van der Waals surface area (Å²) >= 11 is 0. The summed E-state index contributed by atoms with van der Waals surface area (Å²) in [5.74, 6) is 1.27. The fraction of sp³-hybridized carbons (Fsp3) is 0.520. The molecule has 0 radical (unpaired) electrons. The van der Waals surface area contributed by atoms with Crippen LogP contribution in [0.4, 0.5) is 17.5 Å². The van der Waals surface area contributed by atoms with Gasteiger partial charge in [-0.15, -0.1) is 0 Å². The maximum atomic E-state index is 10.6. The number of nitrogens with zero attached hydrogens (tertiary/aromatic N) is 5. The van der Waals surface area contributed by atoms with Gasteiger partial charge in [-0.25, -0.2) is 15.0 Å². The van der Waals surface area contributed by atoms with Crippen LogP contribution in [-0.4, -0.2) is 65.1 Å². The molecule has 2 atom stereocenters. The van der Waals surface area contributed by atoms with E-state index in [2.05, 4.69) is 50.4 Å². The fourth-order valence-corrected chi connectivity index (χ4v) is 4.69. The lowest BCUT2D eigenvalue weighted by atomic mass is 9.69. The molecule has 2 aromatic heterocycles. The first-order valence-corrected chi connectivity index (χ1v) is 11.9. The van der Waals surface area contributed by atoms with Crippen molar-refractivity contribution >= 4 is 28.7 Å². The van der Waals surface area contributed by atoms with Crippen LogP contribution in [0.3, 0.4) is 0 Å². The number of piperazine rings is 1. The van der Waals surface area contributed by atoms with Crippen molar-refractivity contribution < 1.29 is 5.11 Å². The summed E-state index contributed by atoms with van der Waals surface area (Å²) in [6, 6.07) is 4.01. The van der Waals surface area contributed by atoms with Crippen molar-refractivity contribution in [2.45, 2.75) is 40.2 Å². The molecular formula is C25H36N8O. The van der Waals surface area contributed by atoms with Crippen LogP contribution in [0.25, 0.3) is 5.57 Å². The first-order valence-electron chi connectivity index (χ1n) is 11.9. The van der Waals surface area contributed by atoms with Crippen molar-refractivity contribution in [1.82, 2.24) is 20.3 Å². The number of fused-ring (bicyclic) bond motifs is 1. The van der Waals surface area contributed by atoms with Crippen molar-refractivity contribution in [2.75, 3.05) is 43.4 Å². The van der Waals surface area contributed by atoms with E-state index in [1.165, 1.54) is 0 Å². The van der Waals surface area contributed by atoms with E-state index in [4.69, 9.17) is 10.7 Å². The number of anilines is 3. The van der Waals surface area contributed by atoms with Gasteiger partial charge >= 0.3 is 0 Å². The Morgan fingerprint density at radius 2 is 1.94 bits per heavy atom. The maximum Gasteiger partial charge on any atom is 0.228 e. The molecule has 0 amide bonds. The third kappa shape index (κ3) is 4.50. The van der Waals surface area contributed by atoms with Gasteiger partial charge in [0.2, 0.25) is 5.95 Å². The van der Waals surface area contributed by atoms with Crippen LogP contribution in [-0.2, 0) is 6.42 Å². The number of rotatable bonds is 6. The van der Waals surface area contributed by atoms with E-state index in [1.54, 1.807) is 14.0 Å². The molecule has 3 heterocycles. The number of aliphatic hydroxyl groups excluding tert-OH is 1. The van der Waals surface area contributed by atoms with Gasteiger partial charge < -0.3 is 26.4 Å². The summed E-state index contributed by atoms with van der Waals surface area (Å²) in [4.78, 5) is 20.8. The lowest BCUT2D eigenvalue weighted by Crippen LogP contribution is -2.43. The maximum absolute atomic E-state index is 10.6.